The number of nitrogens with zero attached hydrogens (tertiary/aromatic N) is 4. The van der Waals surface area contributed by atoms with Gasteiger partial charge in [-0.25, -0.2) is 9.67 Å². The van der Waals surface area contributed by atoms with Crippen molar-refractivity contribution in [2.24, 2.45) is 0 Å². The molecule has 0 saturated carbocycles. The SMILES string of the molecule is O=C(Nc1c(-c2ccccc2)nc2sccn12)c1ccc(=O)n(CCOc2ccccc2)n1. The van der Waals surface area contributed by atoms with E-state index in [1.165, 1.54) is 28.2 Å². The lowest BCUT2D eigenvalue weighted by Gasteiger charge is -2.10. The molecule has 1 N–H and O–H groups in total. The van der Waals surface area contributed by atoms with Crippen LogP contribution in [0.1, 0.15) is 10.5 Å². The molecule has 0 fully saturated rings. The predicted octanol–water partition coefficient (Wildman–Crippen LogP) is 3.95. The zero-order valence-electron chi connectivity index (χ0n) is 17.4. The van der Waals surface area contributed by atoms with Crippen LogP contribution in [0.2, 0.25) is 0 Å². The molecule has 8 nitrogen and oxygen atoms in total. The smallest absolute Gasteiger partial charge is 0.277 e. The number of anilines is 1. The van der Waals surface area contributed by atoms with Gasteiger partial charge < -0.3 is 10.1 Å². The lowest BCUT2D eigenvalue weighted by molar-refractivity contribution is 0.101. The first kappa shape index (κ1) is 20.7. The summed E-state index contributed by atoms with van der Waals surface area (Å²) in [6.45, 7) is 0.462. The van der Waals surface area contributed by atoms with E-state index in [0.717, 1.165) is 10.5 Å². The van der Waals surface area contributed by atoms with E-state index in [0.29, 0.717) is 17.3 Å². The van der Waals surface area contributed by atoms with Crippen molar-refractivity contribution in [3.63, 3.8) is 0 Å². The van der Waals surface area contributed by atoms with E-state index < -0.39 is 5.91 Å². The minimum atomic E-state index is -0.432. The minimum absolute atomic E-state index is 0.124. The molecule has 5 aromatic rings. The molecule has 3 aromatic heterocycles. The maximum atomic E-state index is 13.1. The number of amides is 1. The highest BCUT2D eigenvalue weighted by Crippen LogP contribution is 2.30. The van der Waals surface area contributed by atoms with Crippen LogP contribution in [0.5, 0.6) is 5.75 Å². The van der Waals surface area contributed by atoms with Gasteiger partial charge >= 0.3 is 0 Å². The summed E-state index contributed by atoms with van der Waals surface area (Å²) in [5.74, 6) is 0.820. The fourth-order valence-electron chi connectivity index (χ4n) is 3.37. The highest BCUT2D eigenvalue weighted by molar-refractivity contribution is 7.15. The second-order valence-corrected chi connectivity index (χ2v) is 8.00. The van der Waals surface area contributed by atoms with Gasteiger partial charge in [-0.2, -0.15) is 5.10 Å². The summed E-state index contributed by atoms with van der Waals surface area (Å²) < 4.78 is 8.70. The Morgan fingerprint density at radius 3 is 2.55 bits per heavy atom. The summed E-state index contributed by atoms with van der Waals surface area (Å²) in [5, 5.41) is 9.06. The van der Waals surface area contributed by atoms with E-state index in [2.05, 4.69) is 15.4 Å². The van der Waals surface area contributed by atoms with Crippen LogP contribution < -0.4 is 15.6 Å². The minimum Gasteiger partial charge on any atom is -0.492 e. The quantitative estimate of drug-likeness (QED) is 0.400. The number of nitrogens with one attached hydrogen (secondary N) is 1. The average Bonchev–Trinajstić information content (AvgIpc) is 3.44. The largest absolute Gasteiger partial charge is 0.492 e. The van der Waals surface area contributed by atoms with E-state index in [9.17, 15) is 9.59 Å². The molecule has 0 bridgehead atoms. The summed E-state index contributed by atoms with van der Waals surface area (Å²) >= 11 is 1.48. The second kappa shape index (κ2) is 9.09. The summed E-state index contributed by atoms with van der Waals surface area (Å²) in [5.41, 5.74) is 1.37. The number of benzene rings is 2. The number of carbonyl (C=O) groups is 1. The van der Waals surface area contributed by atoms with Crippen LogP contribution in [0.25, 0.3) is 16.2 Å². The standard InChI is InChI=1S/C24H19N5O3S/c30-20-12-11-19(27-29(20)13-15-32-18-9-5-2-6-10-18)23(31)26-22-21(17-7-3-1-4-8-17)25-24-28(22)14-16-33-24/h1-12,14,16H,13,15H2,(H,26,31). The van der Waals surface area contributed by atoms with E-state index in [1.54, 1.807) is 0 Å². The van der Waals surface area contributed by atoms with Gasteiger partial charge in [0.1, 0.15) is 29.6 Å². The molecule has 0 unspecified atom stereocenters. The molecule has 3 heterocycles. The summed E-state index contributed by atoms with van der Waals surface area (Å²) in [6.07, 6.45) is 1.85. The first-order chi connectivity index (χ1) is 16.2. The number of hydrogen-bond acceptors (Lipinski definition) is 6. The van der Waals surface area contributed by atoms with Gasteiger partial charge in [0, 0.05) is 23.2 Å². The molecule has 1 amide bonds. The molecule has 164 valence electrons. The molecule has 0 aliphatic heterocycles. The summed E-state index contributed by atoms with van der Waals surface area (Å²) in [4.78, 5) is 30.7. The summed E-state index contributed by atoms with van der Waals surface area (Å²) in [7, 11) is 0. The van der Waals surface area contributed by atoms with Gasteiger partial charge in [-0.05, 0) is 18.2 Å². The molecule has 0 atom stereocenters. The number of ether oxygens (including phenoxy) is 1. The third kappa shape index (κ3) is 4.39. The Morgan fingerprint density at radius 2 is 1.76 bits per heavy atom. The Morgan fingerprint density at radius 1 is 1.00 bits per heavy atom. The zero-order chi connectivity index (χ0) is 22.6. The van der Waals surface area contributed by atoms with Crippen LogP contribution in [-0.4, -0.2) is 31.7 Å². The first-order valence-electron chi connectivity index (χ1n) is 10.3. The van der Waals surface area contributed by atoms with Gasteiger partial charge in [-0.3, -0.25) is 14.0 Å². The third-order valence-corrected chi connectivity index (χ3v) is 5.71. The van der Waals surface area contributed by atoms with Crippen molar-refractivity contribution in [3.8, 4) is 17.0 Å². The first-order valence-corrected chi connectivity index (χ1v) is 11.2. The highest BCUT2D eigenvalue weighted by Gasteiger charge is 2.19. The van der Waals surface area contributed by atoms with Crippen LogP contribution in [0.4, 0.5) is 5.82 Å². The Labute approximate surface area is 192 Å². The molecule has 0 spiro atoms. The van der Waals surface area contributed by atoms with E-state index in [-0.39, 0.29) is 24.4 Å². The number of hydrogen-bond donors (Lipinski definition) is 1. The Balaban J connectivity index is 1.37. The Kier molecular flexibility index (Phi) is 5.69. The van der Waals surface area contributed by atoms with Crippen molar-refractivity contribution >= 4 is 28.0 Å². The molecular formula is C24H19N5O3S. The lowest BCUT2D eigenvalue weighted by Crippen LogP contribution is -2.28. The number of imidazole rings is 1. The van der Waals surface area contributed by atoms with Crippen molar-refractivity contribution in [2.75, 3.05) is 11.9 Å². The van der Waals surface area contributed by atoms with Crippen LogP contribution in [-0.2, 0) is 6.54 Å². The maximum absolute atomic E-state index is 13.1. The number of aromatic nitrogens is 4. The van der Waals surface area contributed by atoms with Crippen molar-refractivity contribution in [3.05, 3.63) is 100 Å². The molecular weight excluding hydrogens is 438 g/mol. The summed E-state index contributed by atoms with van der Waals surface area (Å²) in [6, 6.07) is 21.7. The van der Waals surface area contributed by atoms with Crippen LogP contribution in [0.3, 0.4) is 0 Å². The zero-order valence-corrected chi connectivity index (χ0v) is 18.2. The maximum Gasteiger partial charge on any atom is 0.277 e. The predicted molar refractivity (Wildman–Crippen MR) is 127 cm³/mol. The highest BCUT2D eigenvalue weighted by atomic mass is 32.1. The molecule has 2 aromatic carbocycles. The Bertz CT molecular complexity index is 1460. The molecule has 0 aliphatic carbocycles. The topological polar surface area (TPSA) is 90.5 Å². The van der Waals surface area contributed by atoms with Crippen LogP contribution in [0, 0.1) is 0 Å². The average molecular weight is 458 g/mol. The number of thiazole rings is 1. The molecule has 9 heteroatoms. The monoisotopic (exact) mass is 457 g/mol. The lowest BCUT2D eigenvalue weighted by atomic mass is 10.1. The number of para-hydroxylation sites is 1. The van der Waals surface area contributed by atoms with Gasteiger partial charge in [0.2, 0.25) is 0 Å². The number of fused-ring (bicyclic) bond motifs is 1. The van der Waals surface area contributed by atoms with Gasteiger partial charge in [0.15, 0.2) is 4.96 Å². The molecule has 0 aliphatic rings. The molecule has 33 heavy (non-hydrogen) atoms. The number of rotatable bonds is 7. The fourth-order valence-corrected chi connectivity index (χ4v) is 4.08. The van der Waals surface area contributed by atoms with E-state index in [4.69, 9.17) is 4.74 Å². The van der Waals surface area contributed by atoms with E-state index >= 15 is 0 Å². The van der Waals surface area contributed by atoms with Crippen molar-refractivity contribution in [1.29, 1.82) is 0 Å². The normalized spacial score (nSPS) is 10.9. The van der Waals surface area contributed by atoms with Crippen LogP contribution >= 0.6 is 11.3 Å². The third-order valence-electron chi connectivity index (χ3n) is 4.96. The van der Waals surface area contributed by atoms with Crippen molar-refractivity contribution in [1.82, 2.24) is 19.2 Å². The van der Waals surface area contributed by atoms with Gasteiger partial charge in [0.25, 0.3) is 11.5 Å². The second-order valence-electron chi connectivity index (χ2n) is 7.13. The Hall–Kier alpha value is -4.24. The van der Waals surface area contributed by atoms with Crippen molar-refractivity contribution < 1.29 is 9.53 Å². The molecule has 5 rings (SSSR count). The van der Waals surface area contributed by atoms with Crippen LogP contribution in [0.15, 0.2) is 89.2 Å². The molecule has 0 radical (unpaired) electrons. The molecule has 0 saturated heterocycles. The van der Waals surface area contributed by atoms with Gasteiger partial charge in [-0.15, -0.1) is 11.3 Å². The fraction of sp³-hybridized carbons (Fsp3) is 0.0833. The van der Waals surface area contributed by atoms with E-state index in [1.807, 2.05) is 76.6 Å². The van der Waals surface area contributed by atoms with Gasteiger partial charge in [-0.1, -0.05) is 48.5 Å². The number of carbonyl (C=O) groups excluding carboxylic acids is 1. The van der Waals surface area contributed by atoms with Crippen molar-refractivity contribution in [2.45, 2.75) is 6.54 Å². The van der Waals surface area contributed by atoms with Gasteiger partial charge in [0.05, 0.1) is 6.54 Å².